The fourth-order valence-electron chi connectivity index (χ4n) is 2.24. The number of benzene rings is 2. The van der Waals surface area contributed by atoms with Gasteiger partial charge in [0.2, 0.25) is 0 Å². The second-order valence-corrected chi connectivity index (χ2v) is 4.55. The maximum Gasteiger partial charge on any atom is 0.286 e. The lowest BCUT2D eigenvalue weighted by Gasteiger charge is -2.03. The van der Waals surface area contributed by atoms with Crippen LogP contribution < -0.4 is 10.4 Å². The smallest absolute Gasteiger partial charge is 0.286 e. The summed E-state index contributed by atoms with van der Waals surface area (Å²) in [7, 11) is 6.35. The number of ether oxygens (including phenoxy) is 4. The summed E-state index contributed by atoms with van der Waals surface area (Å²) in [5.74, 6) is 1.00. The Balaban J connectivity index is 2.57. The van der Waals surface area contributed by atoms with Crippen molar-refractivity contribution in [3.8, 4) is 0 Å². The predicted molar refractivity (Wildman–Crippen MR) is 84.7 cm³/mol. The van der Waals surface area contributed by atoms with Crippen molar-refractivity contribution < 1.29 is 18.9 Å². The monoisotopic (exact) mass is 300 g/mol. The molecule has 2 aromatic carbocycles. The molecule has 0 saturated carbocycles. The van der Waals surface area contributed by atoms with Crippen molar-refractivity contribution in [3.05, 3.63) is 69.4 Å². The molecule has 2 aromatic rings. The van der Waals surface area contributed by atoms with Crippen LogP contribution >= 0.6 is 0 Å². The molecule has 0 aliphatic rings. The van der Waals surface area contributed by atoms with Gasteiger partial charge in [-0.05, 0) is 34.7 Å². The highest BCUT2D eigenvalue weighted by Crippen LogP contribution is 1.98. The second kappa shape index (κ2) is 7.41. The van der Waals surface area contributed by atoms with Gasteiger partial charge in [-0.3, -0.25) is 0 Å². The summed E-state index contributed by atoms with van der Waals surface area (Å²) in [4.78, 5) is 0. The fraction of sp³-hybridized carbons (Fsp3) is 0.222. The average molecular weight is 300 g/mol. The van der Waals surface area contributed by atoms with E-state index < -0.39 is 0 Å². The molecule has 0 unspecified atom stereocenters. The van der Waals surface area contributed by atoms with Crippen molar-refractivity contribution >= 4 is 11.9 Å². The fourth-order valence-corrected chi connectivity index (χ4v) is 2.24. The van der Waals surface area contributed by atoms with Gasteiger partial charge in [0, 0.05) is 0 Å². The standard InChI is InChI=1S/C18H20O4/c1-19-17(20-2)15-9-5-13(6-10-15)14-7-11-16(12-8-14)18(21-3)22-4/h5-12H,1-4H3. The summed E-state index contributed by atoms with van der Waals surface area (Å²) in [6.07, 6.45) is 0. The summed E-state index contributed by atoms with van der Waals surface area (Å²) >= 11 is 0. The van der Waals surface area contributed by atoms with Gasteiger partial charge in [0.25, 0.3) is 11.9 Å². The molecule has 0 N–H and O–H groups in total. The zero-order chi connectivity index (χ0) is 15.9. The molecule has 22 heavy (non-hydrogen) atoms. The summed E-state index contributed by atoms with van der Waals surface area (Å²) in [6, 6.07) is 16.0. The quantitative estimate of drug-likeness (QED) is 0.861. The molecule has 0 aliphatic heterocycles. The Morgan fingerprint density at radius 3 is 1.00 bits per heavy atom. The zero-order valence-corrected chi connectivity index (χ0v) is 13.3. The molecule has 4 nitrogen and oxygen atoms in total. The van der Waals surface area contributed by atoms with Crippen LogP contribution in [0.3, 0.4) is 0 Å². The SMILES string of the molecule is COC(OC)=c1ccc(=c2ccc(=C(OC)OC)cc2)cc1. The normalized spacial score (nSPS) is 9.82. The highest BCUT2D eigenvalue weighted by molar-refractivity contribution is 5.31. The van der Waals surface area contributed by atoms with Crippen molar-refractivity contribution in [2.45, 2.75) is 0 Å². The van der Waals surface area contributed by atoms with Crippen LogP contribution in [0.1, 0.15) is 0 Å². The summed E-state index contributed by atoms with van der Waals surface area (Å²) in [6.45, 7) is 0. The molecule has 0 atom stereocenters. The lowest BCUT2D eigenvalue weighted by molar-refractivity contribution is 0.186. The van der Waals surface area contributed by atoms with Gasteiger partial charge in [-0.1, -0.05) is 24.3 Å². The molecule has 0 bridgehead atoms. The van der Waals surface area contributed by atoms with Crippen molar-refractivity contribution in [2.24, 2.45) is 0 Å². The van der Waals surface area contributed by atoms with E-state index in [9.17, 15) is 0 Å². The van der Waals surface area contributed by atoms with Crippen LogP contribution in [0, 0.1) is 10.4 Å². The zero-order valence-electron chi connectivity index (χ0n) is 13.3. The first-order valence-electron chi connectivity index (χ1n) is 6.84. The van der Waals surface area contributed by atoms with E-state index in [0.29, 0.717) is 11.9 Å². The van der Waals surface area contributed by atoms with Gasteiger partial charge in [-0.25, -0.2) is 0 Å². The molecular weight excluding hydrogens is 280 g/mol. The van der Waals surface area contributed by atoms with Crippen molar-refractivity contribution in [1.29, 1.82) is 0 Å². The maximum atomic E-state index is 5.16. The van der Waals surface area contributed by atoms with E-state index in [-0.39, 0.29) is 0 Å². The summed E-state index contributed by atoms with van der Waals surface area (Å²) < 4.78 is 20.6. The Morgan fingerprint density at radius 2 is 0.773 bits per heavy atom. The van der Waals surface area contributed by atoms with E-state index in [1.54, 1.807) is 28.4 Å². The highest BCUT2D eigenvalue weighted by atomic mass is 16.7. The minimum Gasteiger partial charge on any atom is -0.468 e. The minimum absolute atomic E-state index is 0.501. The first-order chi connectivity index (χ1) is 10.7. The van der Waals surface area contributed by atoms with Crippen LogP contribution in [-0.4, -0.2) is 28.4 Å². The molecule has 0 saturated heterocycles. The minimum atomic E-state index is 0.501. The van der Waals surface area contributed by atoms with Crippen molar-refractivity contribution in [3.63, 3.8) is 0 Å². The van der Waals surface area contributed by atoms with Gasteiger partial charge in [-0.15, -0.1) is 0 Å². The molecule has 0 fully saturated rings. The topological polar surface area (TPSA) is 36.9 Å². The molecule has 0 heterocycles. The summed E-state index contributed by atoms with van der Waals surface area (Å²) in [5.41, 5.74) is 0. The molecular formula is C18H20O4. The average Bonchev–Trinajstić information content (AvgIpc) is 2.58. The van der Waals surface area contributed by atoms with Crippen LogP contribution in [-0.2, 0) is 18.9 Å². The van der Waals surface area contributed by atoms with Gasteiger partial charge < -0.3 is 18.9 Å². The Labute approximate surface area is 129 Å². The number of methoxy groups -OCH3 is 4. The molecule has 0 aliphatic carbocycles. The van der Waals surface area contributed by atoms with Crippen LogP contribution in [0.15, 0.2) is 48.5 Å². The third-order valence-corrected chi connectivity index (χ3v) is 3.32. The van der Waals surface area contributed by atoms with Crippen LogP contribution in [0.4, 0.5) is 0 Å². The van der Waals surface area contributed by atoms with Gasteiger partial charge in [0.1, 0.15) is 0 Å². The van der Waals surface area contributed by atoms with Crippen LogP contribution in [0.25, 0.3) is 11.9 Å². The Bertz CT molecular complexity index is 710. The van der Waals surface area contributed by atoms with Crippen molar-refractivity contribution in [2.75, 3.05) is 28.4 Å². The molecule has 2 rings (SSSR count). The molecule has 0 amide bonds. The predicted octanol–water partition coefficient (Wildman–Crippen LogP) is 1.69. The molecule has 4 heteroatoms. The van der Waals surface area contributed by atoms with E-state index in [0.717, 1.165) is 20.9 Å². The number of hydrogen-bond acceptors (Lipinski definition) is 4. The molecule has 116 valence electrons. The second-order valence-electron chi connectivity index (χ2n) is 4.55. The van der Waals surface area contributed by atoms with Crippen molar-refractivity contribution in [1.82, 2.24) is 0 Å². The number of hydrogen-bond donors (Lipinski definition) is 0. The molecule has 0 spiro atoms. The van der Waals surface area contributed by atoms with E-state index in [2.05, 4.69) is 0 Å². The third kappa shape index (κ3) is 3.34. The largest absolute Gasteiger partial charge is 0.468 e. The van der Waals surface area contributed by atoms with E-state index >= 15 is 0 Å². The van der Waals surface area contributed by atoms with Gasteiger partial charge in [-0.2, -0.15) is 0 Å². The first-order valence-corrected chi connectivity index (χ1v) is 6.84. The number of rotatable bonds is 4. The van der Waals surface area contributed by atoms with Crippen LogP contribution in [0.5, 0.6) is 0 Å². The molecule has 0 radical (unpaired) electrons. The summed E-state index contributed by atoms with van der Waals surface area (Å²) in [5, 5.41) is 4.02. The third-order valence-electron chi connectivity index (χ3n) is 3.32. The maximum absolute atomic E-state index is 5.16. The van der Waals surface area contributed by atoms with Gasteiger partial charge in [0.05, 0.1) is 38.9 Å². The van der Waals surface area contributed by atoms with Gasteiger partial charge >= 0.3 is 0 Å². The Hall–Kier alpha value is -2.62. The van der Waals surface area contributed by atoms with Gasteiger partial charge in [0.15, 0.2) is 0 Å². The Morgan fingerprint density at radius 1 is 0.500 bits per heavy atom. The van der Waals surface area contributed by atoms with E-state index in [1.165, 1.54) is 0 Å². The Kier molecular flexibility index (Phi) is 5.31. The van der Waals surface area contributed by atoms with E-state index in [4.69, 9.17) is 18.9 Å². The van der Waals surface area contributed by atoms with Crippen LogP contribution in [0.2, 0.25) is 0 Å². The first kappa shape index (κ1) is 15.8. The lowest BCUT2D eigenvalue weighted by Crippen LogP contribution is -2.08. The van der Waals surface area contributed by atoms with E-state index in [1.807, 2.05) is 48.5 Å². The highest BCUT2D eigenvalue weighted by Gasteiger charge is 1.96. The molecule has 0 aromatic heterocycles. The lowest BCUT2D eigenvalue weighted by atomic mass is 10.2.